The Kier molecular flexibility index (Phi) is 4.68. The number of rotatable bonds is 5. The van der Waals surface area contributed by atoms with Gasteiger partial charge in [-0.1, -0.05) is 18.1 Å². The third-order valence-corrected chi connectivity index (χ3v) is 1.87. The van der Waals surface area contributed by atoms with E-state index in [1.807, 2.05) is 6.07 Å². The highest BCUT2D eigenvalue weighted by Crippen LogP contribution is 2.28. The molecule has 0 saturated heterocycles. The van der Waals surface area contributed by atoms with Crippen LogP contribution < -0.4 is 9.47 Å². The number of allylic oxidation sites excluding steroid dienone is 1. The van der Waals surface area contributed by atoms with E-state index in [4.69, 9.17) is 15.9 Å². The number of carbonyl (C=O) groups excluding carboxylic acids is 1. The lowest BCUT2D eigenvalue weighted by molar-refractivity contribution is -0.104. The molecule has 3 heteroatoms. The van der Waals surface area contributed by atoms with Gasteiger partial charge in [0.1, 0.15) is 12.9 Å². The molecule has 16 heavy (non-hydrogen) atoms. The van der Waals surface area contributed by atoms with Crippen molar-refractivity contribution in [1.29, 1.82) is 0 Å². The Hall–Kier alpha value is -2.21. The molecule has 0 unspecified atom stereocenters. The maximum Gasteiger partial charge on any atom is 0.163 e. The molecule has 1 rings (SSSR count). The second-order valence-corrected chi connectivity index (χ2v) is 2.90. The predicted molar refractivity (Wildman–Crippen MR) is 62.4 cm³/mol. The van der Waals surface area contributed by atoms with Crippen LogP contribution in [0.1, 0.15) is 5.56 Å². The standard InChI is InChI=1S/C13H12O3/c1-3-9-16-13-10-11(5-4-8-14)6-7-12(13)15-2/h1,4-8,10H,9H2,2H3/b5-4+. The summed E-state index contributed by atoms with van der Waals surface area (Å²) in [6, 6.07) is 5.34. The molecule has 0 bridgehead atoms. The van der Waals surface area contributed by atoms with Crippen LogP contribution in [0.4, 0.5) is 0 Å². The maximum atomic E-state index is 10.2. The summed E-state index contributed by atoms with van der Waals surface area (Å²) in [7, 11) is 1.55. The zero-order valence-electron chi connectivity index (χ0n) is 8.97. The maximum absolute atomic E-state index is 10.2. The summed E-state index contributed by atoms with van der Waals surface area (Å²) in [5, 5.41) is 0. The van der Waals surface area contributed by atoms with Crippen LogP contribution in [-0.2, 0) is 4.79 Å². The summed E-state index contributed by atoms with van der Waals surface area (Å²) in [5.41, 5.74) is 0.847. The molecular weight excluding hydrogens is 204 g/mol. The molecule has 0 heterocycles. The SMILES string of the molecule is C#CCOc1cc(/C=C/C=O)ccc1OC. The quantitative estimate of drug-likeness (QED) is 0.428. The number of methoxy groups -OCH3 is 1. The molecule has 3 nitrogen and oxygen atoms in total. The van der Waals surface area contributed by atoms with Crippen LogP contribution in [0.3, 0.4) is 0 Å². The molecule has 0 aromatic heterocycles. The van der Waals surface area contributed by atoms with E-state index < -0.39 is 0 Å². The average molecular weight is 216 g/mol. The predicted octanol–water partition coefficient (Wildman–Crippen LogP) is 1.92. The van der Waals surface area contributed by atoms with Gasteiger partial charge in [0.2, 0.25) is 0 Å². The molecule has 0 N–H and O–H groups in total. The number of hydrogen-bond acceptors (Lipinski definition) is 3. The van der Waals surface area contributed by atoms with E-state index in [2.05, 4.69) is 5.92 Å². The van der Waals surface area contributed by atoms with Crippen molar-refractivity contribution in [3.8, 4) is 23.8 Å². The van der Waals surface area contributed by atoms with Gasteiger partial charge in [0.25, 0.3) is 0 Å². The molecule has 1 aromatic carbocycles. The minimum absolute atomic E-state index is 0.178. The van der Waals surface area contributed by atoms with E-state index >= 15 is 0 Å². The van der Waals surface area contributed by atoms with Crippen molar-refractivity contribution in [3.63, 3.8) is 0 Å². The number of ether oxygens (including phenoxy) is 2. The largest absolute Gasteiger partial charge is 0.493 e. The van der Waals surface area contributed by atoms with Gasteiger partial charge in [-0.15, -0.1) is 6.42 Å². The van der Waals surface area contributed by atoms with Crippen molar-refractivity contribution in [2.24, 2.45) is 0 Å². The zero-order valence-corrected chi connectivity index (χ0v) is 8.97. The average Bonchev–Trinajstić information content (AvgIpc) is 2.33. The lowest BCUT2D eigenvalue weighted by atomic mass is 10.2. The minimum atomic E-state index is 0.178. The second-order valence-electron chi connectivity index (χ2n) is 2.90. The first-order valence-electron chi connectivity index (χ1n) is 4.68. The van der Waals surface area contributed by atoms with Crippen molar-refractivity contribution >= 4 is 12.4 Å². The van der Waals surface area contributed by atoms with Crippen molar-refractivity contribution in [1.82, 2.24) is 0 Å². The van der Waals surface area contributed by atoms with E-state index in [1.54, 1.807) is 25.3 Å². The van der Waals surface area contributed by atoms with Crippen LogP contribution in [0, 0.1) is 12.3 Å². The van der Waals surface area contributed by atoms with Crippen LogP contribution in [0.2, 0.25) is 0 Å². The van der Waals surface area contributed by atoms with E-state index in [9.17, 15) is 4.79 Å². The zero-order chi connectivity index (χ0) is 11.8. The Morgan fingerprint density at radius 2 is 2.25 bits per heavy atom. The van der Waals surface area contributed by atoms with E-state index in [-0.39, 0.29) is 6.61 Å². The van der Waals surface area contributed by atoms with Gasteiger partial charge in [0.15, 0.2) is 11.5 Å². The van der Waals surface area contributed by atoms with Gasteiger partial charge in [-0.3, -0.25) is 4.79 Å². The summed E-state index contributed by atoms with van der Waals surface area (Å²) >= 11 is 0. The molecule has 0 fully saturated rings. The van der Waals surface area contributed by atoms with Gasteiger partial charge in [-0.2, -0.15) is 0 Å². The van der Waals surface area contributed by atoms with Gasteiger partial charge >= 0.3 is 0 Å². The Labute approximate surface area is 94.7 Å². The first-order chi connectivity index (χ1) is 7.81. The van der Waals surface area contributed by atoms with E-state index in [0.717, 1.165) is 5.56 Å². The molecule has 0 aliphatic rings. The van der Waals surface area contributed by atoms with E-state index in [0.29, 0.717) is 17.8 Å². The van der Waals surface area contributed by atoms with Crippen LogP contribution >= 0.6 is 0 Å². The first-order valence-corrected chi connectivity index (χ1v) is 4.68. The van der Waals surface area contributed by atoms with Gasteiger partial charge < -0.3 is 9.47 Å². The number of benzene rings is 1. The number of terminal acetylenes is 1. The van der Waals surface area contributed by atoms with Crippen LogP contribution in [0.5, 0.6) is 11.5 Å². The summed E-state index contributed by atoms with van der Waals surface area (Å²) in [6.07, 6.45) is 8.91. The van der Waals surface area contributed by atoms with Crippen LogP contribution in [-0.4, -0.2) is 20.0 Å². The topological polar surface area (TPSA) is 35.5 Å². The highest BCUT2D eigenvalue weighted by Gasteiger charge is 2.03. The van der Waals surface area contributed by atoms with Gasteiger partial charge in [0.05, 0.1) is 7.11 Å². The van der Waals surface area contributed by atoms with Crippen LogP contribution in [0.15, 0.2) is 24.3 Å². The summed E-state index contributed by atoms with van der Waals surface area (Å²) < 4.78 is 10.4. The fourth-order valence-corrected chi connectivity index (χ4v) is 1.18. The number of carbonyl (C=O) groups is 1. The van der Waals surface area contributed by atoms with Crippen LogP contribution in [0.25, 0.3) is 6.08 Å². The summed E-state index contributed by atoms with van der Waals surface area (Å²) in [5.74, 6) is 3.55. The van der Waals surface area contributed by atoms with Crippen molar-refractivity contribution in [2.75, 3.05) is 13.7 Å². The number of aldehydes is 1. The highest BCUT2D eigenvalue weighted by molar-refractivity contribution is 5.74. The summed E-state index contributed by atoms with van der Waals surface area (Å²) in [6.45, 7) is 0.178. The normalized spacial score (nSPS) is 9.75. The highest BCUT2D eigenvalue weighted by atomic mass is 16.5. The Morgan fingerprint density at radius 1 is 1.44 bits per heavy atom. The Balaban J connectivity index is 2.96. The fourth-order valence-electron chi connectivity index (χ4n) is 1.18. The smallest absolute Gasteiger partial charge is 0.163 e. The molecule has 0 spiro atoms. The van der Waals surface area contributed by atoms with Gasteiger partial charge in [-0.05, 0) is 23.8 Å². The molecule has 0 aliphatic heterocycles. The van der Waals surface area contributed by atoms with Crippen molar-refractivity contribution in [2.45, 2.75) is 0 Å². The molecule has 0 aliphatic carbocycles. The molecule has 0 radical (unpaired) electrons. The van der Waals surface area contributed by atoms with Gasteiger partial charge in [0, 0.05) is 0 Å². The Bertz CT molecular complexity index is 427. The molecule has 82 valence electrons. The molecule has 0 atom stereocenters. The lowest BCUT2D eigenvalue weighted by Crippen LogP contribution is -1.96. The van der Waals surface area contributed by atoms with E-state index in [1.165, 1.54) is 6.08 Å². The van der Waals surface area contributed by atoms with Crippen molar-refractivity contribution in [3.05, 3.63) is 29.8 Å². The third kappa shape index (κ3) is 3.18. The Morgan fingerprint density at radius 3 is 2.88 bits per heavy atom. The van der Waals surface area contributed by atoms with Crippen molar-refractivity contribution < 1.29 is 14.3 Å². The molecular formula is C13H12O3. The fraction of sp³-hybridized carbons (Fsp3) is 0.154. The summed E-state index contributed by atoms with van der Waals surface area (Å²) in [4.78, 5) is 10.2. The first kappa shape index (κ1) is 11.9. The molecule has 0 amide bonds. The lowest BCUT2D eigenvalue weighted by Gasteiger charge is -2.09. The monoisotopic (exact) mass is 216 g/mol. The number of hydrogen-bond donors (Lipinski definition) is 0. The minimum Gasteiger partial charge on any atom is -0.493 e. The molecule has 0 saturated carbocycles. The van der Waals surface area contributed by atoms with Gasteiger partial charge in [-0.25, -0.2) is 0 Å². The second kappa shape index (κ2) is 6.31. The molecule has 1 aromatic rings. The third-order valence-electron chi connectivity index (χ3n) is 1.87.